The maximum Gasteiger partial charge on any atom is 0.136 e. The molecule has 4 fully saturated rings. The van der Waals surface area contributed by atoms with Crippen LogP contribution in [-0.2, 0) is 4.79 Å². The fraction of sp³-hybridized carbons (Fsp3) is 0.947. The van der Waals surface area contributed by atoms with Gasteiger partial charge in [0.25, 0.3) is 0 Å². The minimum atomic E-state index is -0.0489. The first-order chi connectivity index (χ1) is 10.1. The summed E-state index contributed by atoms with van der Waals surface area (Å²) in [5.41, 5.74) is 0.452. The minimum Gasteiger partial charge on any atom is -0.393 e. The van der Waals surface area contributed by atoms with Crippen molar-refractivity contribution in [1.29, 1.82) is 0 Å². The molecule has 7 atom stereocenters. The van der Waals surface area contributed by atoms with Crippen LogP contribution in [0.4, 0.5) is 0 Å². The van der Waals surface area contributed by atoms with E-state index in [1.165, 1.54) is 32.1 Å². The van der Waals surface area contributed by atoms with Gasteiger partial charge in [0.15, 0.2) is 0 Å². The van der Waals surface area contributed by atoms with E-state index in [-0.39, 0.29) is 6.10 Å². The summed E-state index contributed by atoms with van der Waals surface area (Å²) >= 11 is 0. The van der Waals surface area contributed by atoms with Crippen LogP contribution in [0.5, 0.6) is 0 Å². The smallest absolute Gasteiger partial charge is 0.136 e. The Morgan fingerprint density at radius 2 is 1.90 bits per heavy atom. The molecule has 4 saturated carbocycles. The number of aliphatic hydroxyl groups is 1. The molecular formula is C19H30O2. The summed E-state index contributed by atoms with van der Waals surface area (Å²) in [6, 6.07) is 0. The molecule has 0 unspecified atom stereocenters. The highest BCUT2D eigenvalue weighted by atomic mass is 16.3. The van der Waals surface area contributed by atoms with Crippen LogP contribution in [0.25, 0.3) is 0 Å². The normalized spacial score (nSPS) is 53.5. The van der Waals surface area contributed by atoms with Crippen LogP contribution in [-0.4, -0.2) is 17.0 Å². The molecule has 1 N–H and O–H groups in total. The van der Waals surface area contributed by atoms with Crippen molar-refractivity contribution < 1.29 is 9.90 Å². The highest BCUT2D eigenvalue weighted by Gasteiger charge is 2.55. The maximum atomic E-state index is 12.3. The van der Waals surface area contributed by atoms with E-state index in [9.17, 15) is 9.90 Å². The van der Waals surface area contributed by atoms with Gasteiger partial charge in [0.1, 0.15) is 5.78 Å². The highest BCUT2D eigenvalue weighted by Crippen LogP contribution is 2.62. The Kier molecular flexibility index (Phi) is 3.44. The Morgan fingerprint density at radius 1 is 1.05 bits per heavy atom. The third kappa shape index (κ3) is 2.12. The lowest BCUT2D eigenvalue weighted by Gasteiger charge is -2.59. The number of hydrogen-bond acceptors (Lipinski definition) is 2. The quantitative estimate of drug-likeness (QED) is 0.733. The Bertz CT molecular complexity index is 431. The maximum absolute atomic E-state index is 12.3. The lowest BCUT2D eigenvalue weighted by atomic mass is 9.45. The monoisotopic (exact) mass is 290 g/mol. The highest BCUT2D eigenvalue weighted by molar-refractivity contribution is 5.82. The van der Waals surface area contributed by atoms with Crippen molar-refractivity contribution in [2.45, 2.75) is 77.2 Å². The molecular weight excluding hydrogens is 260 g/mol. The second-order valence-corrected chi connectivity index (χ2v) is 8.68. The number of Topliss-reactive ketones (excluding diaryl/α,β-unsaturated/α-hetero) is 1. The van der Waals surface area contributed by atoms with Crippen LogP contribution in [0.15, 0.2) is 0 Å². The molecule has 118 valence electrons. The summed E-state index contributed by atoms with van der Waals surface area (Å²) < 4.78 is 0. The van der Waals surface area contributed by atoms with E-state index in [0.29, 0.717) is 23.0 Å². The Hall–Kier alpha value is -0.370. The van der Waals surface area contributed by atoms with Gasteiger partial charge in [-0.15, -0.1) is 0 Å². The third-order valence-electron chi connectivity index (χ3n) is 7.95. The molecule has 0 heterocycles. The van der Waals surface area contributed by atoms with Crippen LogP contribution < -0.4 is 0 Å². The second-order valence-electron chi connectivity index (χ2n) is 8.68. The van der Waals surface area contributed by atoms with Crippen LogP contribution >= 0.6 is 0 Å². The zero-order valence-electron chi connectivity index (χ0n) is 13.4. The van der Waals surface area contributed by atoms with Crippen LogP contribution in [0, 0.1) is 35.0 Å². The van der Waals surface area contributed by atoms with Gasteiger partial charge in [-0.25, -0.2) is 0 Å². The molecule has 4 rings (SSSR count). The molecule has 4 aliphatic rings. The molecule has 4 aliphatic carbocycles. The molecule has 2 nitrogen and oxygen atoms in total. The third-order valence-corrected chi connectivity index (χ3v) is 7.95. The lowest BCUT2D eigenvalue weighted by Crippen LogP contribution is -2.53. The number of hydrogen-bond donors (Lipinski definition) is 1. The van der Waals surface area contributed by atoms with E-state index in [1.807, 2.05) is 0 Å². The number of carbonyl (C=O) groups excluding carboxylic acids is 1. The van der Waals surface area contributed by atoms with Crippen molar-refractivity contribution in [3.63, 3.8) is 0 Å². The molecule has 0 spiro atoms. The zero-order chi connectivity index (χ0) is 14.6. The number of carbonyl (C=O) groups is 1. The van der Waals surface area contributed by atoms with Gasteiger partial charge >= 0.3 is 0 Å². The van der Waals surface area contributed by atoms with Crippen molar-refractivity contribution in [2.24, 2.45) is 35.0 Å². The average Bonchev–Trinajstić information content (AvgIpc) is 2.48. The number of aliphatic hydroxyl groups excluding tert-OH is 1. The molecule has 21 heavy (non-hydrogen) atoms. The van der Waals surface area contributed by atoms with Gasteiger partial charge in [-0.05, 0) is 86.9 Å². The van der Waals surface area contributed by atoms with E-state index in [2.05, 4.69) is 6.92 Å². The summed E-state index contributed by atoms with van der Waals surface area (Å²) in [4.78, 5) is 12.3. The number of fused-ring (bicyclic) bond motifs is 5. The molecule has 0 aromatic heterocycles. The lowest BCUT2D eigenvalue weighted by molar-refractivity contribution is -0.142. The first-order valence-electron chi connectivity index (χ1n) is 9.30. The SMILES string of the molecule is C[C@@]12CC[C@@H](O)C[C@@H]1CC[C@H]1[C@H]3CCCC(=O)[C@@H]3CC[C@@H]12. The van der Waals surface area contributed by atoms with Crippen molar-refractivity contribution in [3.05, 3.63) is 0 Å². The summed E-state index contributed by atoms with van der Waals surface area (Å²) in [6.45, 7) is 2.52. The standard InChI is InChI=1S/C19H30O2/c1-19-10-9-13(20)11-12(19)5-6-15-14-3-2-4-18(21)16(14)7-8-17(15)19/h12-17,20H,2-11H2,1H3/t12-,13+,14+,15-,16+,17-,19+/m0/s1. The first-order valence-corrected chi connectivity index (χ1v) is 9.30. The fourth-order valence-electron chi connectivity index (χ4n) is 6.86. The van der Waals surface area contributed by atoms with Crippen molar-refractivity contribution in [3.8, 4) is 0 Å². The largest absolute Gasteiger partial charge is 0.393 e. The van der Waals surface area contributed by atoms with E-state index in [0.717, 1.165) is 49.9 Å². The van der Waals surface area contributed by atoms with Crippen molar-refractivity contribution in [2.75, 3.05) is 0 Å². The molecule has 2 heteroatoms. The molecule has 0 saturated heterocycles. The molecule has 0 aliphatic heterocycles. The van der Waals surface area contributed by atoms with Gasteiger partial charge in [0.2, 0.25) is 0 Å². The van der Waals surface area contributed by atoms with Gasteiger partial charge in [0.05, 0.1) is 6.10 Å². The Balaban J connectivity index is 1.60. The van der Waals surface area contributed by atoms with Gasteiger partial charge in [-0.2, -0.15) is 0 Å². The van der Waals surface area contributed by atoms with E-state index in [4.69, 9.17) is 0 Å². The zero-order valence-corrected chi connectivity index (χ0v) is 13.4. The number of ketones is 1. The minimum absolute atomic E-state index is 0.0489. The van der Waals surface area contributed by atoms with Gasteiger partial charge in [0, 0.05) is 12.3 Å². The van der Waals surface area contributed by atoms with Gasteiger partial charge in [-0.3, -0.25) is 4.79 Å². The first kappa shape index (κ1) is 14.2. The predicted octanol–water partition coefficient (Wildman–Crippen LogP) is 3.96. The van der Waals surface area contributed by atoms with Crippen LogP contribution in [0.2, 0.25) is 0 Å². The number of rotatable bonds is 0. The topological polar surface area (TPSA) is 37.3 Å². The Labute approximate surface area is 128 Å². The Morgan fingerprint density at radius 3 is 2.76 bits per heavy atom. The summed E-state index contributed by atoms with van der Waals surface area (Å²) in [5, 5.41) is 10.0. The van der Waals surface area contributed by atoms with Crippen molar-refractivity contribution >= 4 is 5.78 Å². The van der Waals surface area contributed by atoms with Gasteiger partial charge in [-0.1, -0.05) is 6.92 Å². The van der Waals surface area contributed by atoms with Gasteiger partial charge < -0.3 is 5.11 Å². The van der Waals surface area contributed by atoms with Crippen LogP contribution in [0.1, 0.15) is 71.1 Å². The predicted molar refractivity (Wildman–Crippen MR) is 82.7 cm³/mol. The molecule has 0 radical (unpaired) electrons. The summed E-state index contributed by atoms with van der Waals surface area (Å²) in [7, 11) is 0. The van der Waals surface area contributed by atoms with Crippen molar-refractivity contribution in [1.82, 2.24) is 0 Å². The molecule has 0 amide bonds. The molecule has 0 aromatic carbocycles. The summed E-state index contributed by atoms with van der Waals surface area (Å²) in [5.74, 6) is 4.07. The fourth-order valence-corrected chi connectivity index (χ4v) is 6.86. The van der Waals surface area contributed by atoms with Crippen LogP contribution in [0.3, 0.4) is 0 Å². The van der Waals surface area contributed by atoms with E-state index >= 15 is 0 Å². The molecule has 0 aromatic rings. The average molecular weight is 290 g/mol. The second kappa shape index (κ2) is 5.08. The van der Waals surface area contributed by atoms with E-state index in [1.54, 1.807) is 0 Å². The molecule has 0 bridgehead atoms. The summed E-state index contributed by atoms with van der Waals surface area (Å²) in [6.07, 6.45) is 11.6. The van der Waals surface area contributed by atoms with E-state index < -0.39 is 0 Å².